The van der Waals surface area contributed by atoms with Crippen LogP contribution < -0.4 is 10.2 Å². The van der Waals surface area contributed by atoms with E-state index in [-0.39, 0.29) is 12.1 Å². The Balaban J connectivity index is 2.19. The Morgan fingerprint density at radius 3 is 2.62 bits per heavy atom. The third kappa shape index (κ3) is 2.34. The number of carbonyl (C=O) groups is 3. The molecule has 3 rings (SSSR count). The predicted octanol–water partition coefficient (Wildman–Crippen LogP) is 1.45. The van der Waals surface area contributed by atoms with Crippen LogP contribution in [0.25, 0.3) is 0 Å². The number of anilines is 1. The number of nitrogens with zero attached hydrogens (tertiary/aromatic N) is 3. The minimum absolute atomic E-state index is 0.0152. The molecule has 1 aromatic carbocycles. The van der Waals surface area contributed by atoms with E-state index < -0.39 is 34.2 Å². The highest BCUT2D eigenvalue weighted by molar-refractivity contribution is 6.20. The lowest BCUT2D eigenvalue weighted by atomic mass is 9.67. The number of urea groups is 1. The third-order valence-corrected chi connectivity index (χ3v) is 5.34. The molecule has 1 aromatic rings. The normalized spacial score (nSPS) is 25.3. The number of nitrogens with one attached hydrogen (secondary N) is 1. The highest BCUT2D eigenvalue weighted by Gasteiger charge is 2.60. The summed E-state index contributed by atoms with van der Waals surface area (Å²) in [6.07, 6.45) is 1.31. The first-order valence-corrected chi connectivity index (χ1v) is 8.37. The van der Waals surface area contributed by atoms with E-state index in [4.69, 9.17) is 0 Å². The van der Waals surface area contributed by atoms with Crippen LogP contribution in [0, 0.1) is 15.5 Å². The van der Waals surface area contributed by atoms with Crippen LogP contribution >= 0.6 is 0 Å². The van der Waals surface area contributed by atoms with E-state index in [2.05, 4.69) is 5.32 Å². The van der Waals surface area contributed by atoms with Crippen molar-refractivity contribution in [3.63, 3.8) is 0 Å². The van der Waals surface area contributed by atoms with E-state index >= 15 is 0 Å². The van der Waals surface area contributed by atoms with Crippen molar-refractivity contribution in [2.45, 2.75) is 32.2 Å². The van der Waals surface area contributed by atoms with Gasteiger partial charge in [0.05, 0.1) is 11.0 Å². The average molecular weight is 360 g/mol. The van der Waals surface area contributed by atoms with Crippen molar-refractivity contribution in [3.05, 3.63) is 33.9 Å². The molecule has 138 valence electrons. The number of imide groups is 2. The van der Waals surface area contributed by atoms with Gasteiger partial charge in [-0.2, -0.15) is 0 Å². The largest absolute Gasteiger partial charge is 0.370 e. The van der Waals surface area contributed by atoms with Crippen molar-refractivity contribution in [2.75, 3.05) is 19.0 Å². The molecule has 1 saturated heterocycles. The summed E-state index contributed by atoms with van der Waals surface area (Å²) in [5.41, 5.74) is -0.301. The second kappa shape index (κ2) is 6.08. The van der Waals surface area contributed by atoms with Gasteiger partial charge in [-0.3, -0.25) is 29.9 Å². The van der Waals surface area contributed by atoms with E-state index in [9.17, 15) is 24.5 Å². The molecule has 2 aliphatic heterocycles. The smallest absolute Gasteiger partial charge is 0.330 e. The number of benzene rings is 1. The van der Waals surface area contributed by atoms with Crippen molar-refractivity contribution < 1.29 is 19.3 Å². The number of non-ortho nitro benzene ring substituents is 1. The fourth-order valence-corrected chi connectivity index (χ4v) is 4.03. The Bertz CT molecular complexity index is 823. The third-order valence-electron chi connectivity index (χ3n) is 5.34. The summed E-state index contributed by atoms with van der Waals surface area (Å²) in [5.74, 6) is -1.22. The Labute approximate surface area is 150 Å². The zero-order valence-electron chi connectivity index (χ0n) is 14.8. The van der Waals surface area contributed by atoms with Gasteiger partial charge < -0.3 is 4.90 Å². The second-order valence-corrected chi connectivity index (χ2v) is 6.76. The topological polar surface area (TPSA) is 113 Å². The van der Waals surface area contributed by atoms with Crippen LogP contribution in [0.15, 0.2) is 18.2 Å². The molecular weight excluding hydrogens is 340 g/mol. The molecule has 0 aromatic heterocycles. The molecule has 9 heteroatoms. The quantitative estimate of drug-likeness (QED) is 0.496. The van der Waals surface area contributed by atoms with E-state index in [0.29, 0.717) is 12.0 Å². The fraction of sp³-hybridized carbons (Fsp3) is 0.471. The van der Waals surface area contributed by atoms with Gasteiger partial charge in [-0.25, -0.2) is 4.79 Å². The summed E-state index contributed by atoms with van der Waals surface area (Å²) in [6.45, 7) is 1.95. The SMILES string of the molecule is CCCC1N(C)c2ccc([N+](=O)[O-])cc2CC12C(=O)NC(=O)N(C)C2=O. The van der Waals surface area contributed by atoms with Crippen LogP contribution in [-0.4, -0.2) is 47.8 Å². The first kappa shape index (κ1) is 17.8. The maximum atomic E-state index is 13.1. The highest BCUT2D eigenvalue weighted by atomic mass is 16.6. The van der Waals surface area contributed by atoms with Crippen molar-refractivity contribution in [3.8, 4) is 0 Å². The number of nitro benzene ring substituents is 1. The summed E-state index contributed by atoms with van der Waals surface area (Å²) >= 11 is 0. The summed E-state index contributed by atoms with van der Waals surface area (Å²) in [7, 11) is 3.10. The van der Waals surface area contributed by atoms with Gasteiger partial charge >= 0.3 is 6.03 Å². The fourth-order valence-electron chi connectivity index (χ4n) is 4.03. The van der Waals surface area contributed by atoms with Crippen LogP contribution in [0.1, 0.15) is 25.3 Å². The zero-order valence-corrected chi connectivity index (χ0v) is 14.8. The van der Waals surface area contributed by atoms with Crippen LogP contribution in [-0.2, 0) is 16.0 Å². The first-order valence-electron chi connectivity index (χ1n) is 8.37. The Hall–Kier alpha value is -2.97. The van der Waals surface area contributed by atoms with Gasteiger partial charge in [-0.1, -0.05) is 13.3 Å². The Kier molecular flexibility index (Phi) is 4.17. The molecule has 0 saturated carbocycles. The Morgan fingerprint density at radius 2 is 2.00 bits per heavy atom. The molecule has 0 bridgehead atoms. The van der Waals surface area contributed by atoms with Crippen molar-refractivity contribution in [2.24, 2.45) is 5.41 Å². The monoisotopic (exact) mass is 360 g/mol. The molecule has 0 radical (unpaired) electrons. The molecule has 2 atom stereocenters. The molecule has 0 aliphatic carbocycles. The minimum Gasteiger partial charge on any atom is -0.370 e. The molecule has 9 nitrogen and oxygen atoms in total. The maximum absolute atomic E-state index is 13.1. The van der Waals surface area contributed by atoms with Crippen molar-refractivity contribution >= 4 is 29.2 Å². The van der Waals surface area contributed by atoms with Gasteiger partial charge in [0.1, 0.15) is 0 Å². The number of hydrogen-bond acceptors (Lipinski definition) is 6. The molecule has 1 fully saturated rings. The molecule has 1 spiro atoms. The van der Waals surface area contributed by atoms with E-state index in [0.717, 1.165) is 17.0 Å². The number of nitro groups is 1. The van der Waals surface area contributed by atoms with Gasteiger partial charge in [0.2, 0.25) is 11.8 Å². The van der Waals surface area contributed by atoms with Gasteiger partial charge in [-0.15, -0.1) is 0 Å². The van der Waals surface area contributed by atoms with Crippen molar-refractivity contribution in [1.29, 1.82) is 0 Å². The predicted molar refractivity (Wildman–Crippen MR) is 92.6 cm³/mol. The van der Waals surface area contributed by atoms with Crippen LogP contribution in [0.2, 0.25) is 0 Å². The van der Waals surface area contributed by atoms with E-state index in [1.165, 1.54) is 19.2 Å². The summed E-state index contributed by atoms with van der Waals surface area (Å²) in [4.78, 5) is 51.1. The van der Waals surface area contributed by atoms with Gasteiger partial charge in [-0.05, 0) is 18.1 Å². The lowest BCUT2D eigenvalue weighted by molar-refractivity contribution is -0.384. The first-order chi connectivity index (χ1) is 12.2. The molecule has 2 heterocycles. The van der Waals surface area contributed by atoms with E-state index in [1.54, 1.807) is 13.1 Å². The molecule has 1 N–H and O–H groups in total. The van der Waals surface area contributed by atoms with Crippen LogP contribution in [0.4, 0.5) is 16.2 Å². The molecular formula is C17H20N4O5. The zero-order chi connectivity index (χ0) is 19.2. The summed E-state index contributed by atoms with van der Waals surface area (Å²) in [6, 6.07) is 3.24. The maximum Gasteiger partial charge on any atom is 0.330 e. The second-order valence-electron chi connectivity index (χ2n) is 6.76. The Morgan fingerprint density at radius 1 is 1.31 bits per heavy atom. The average Bonchev–Trinajstić information content (AvgIpc) is 2.60. The number of fused-ring (bicyclic) bond motifs is 1. The molecule has 26 heavy (non-hydrogen) atoms. The standard InChI is InChI=1S/C17H20N4O5/c1-4-5-13-17(14(22)18-16(24)20(3)15(17)23)9-10-8-11(21(25)26)6-7-12(10)19(13)2/h6-8,13H,4-5,9H2,1-3H3,(H,18,22,24). The van der Waals surface area contributed by atoms with Gasteiger partial charge in [0.15, 0.2) is 5.41 Å². The number of barbiturate groups is 1. The number of amides is 4. The summed E-state index contributed by atoms with van der Waals surface area (Å²) in [5, 5.41) is 13.4. The van der Waals surface area contributed by atoms with Gasteiger partial charge in [0.25, 0.3) is 5.69 Å². The number of hydrogen-bond donors (Lipinski definition) is 1. The number of carbonyl (C=O) groups excluding carboxylic acids is 3. The lowest BCUT2D eigenvalue weighted by Crippen LogP contribution is -2.71. The lowest BCUT2D eigenvalue weighted by Gasteiger charge is -2.50. The highest BCUT2D eigenvalue weighted by Crippen LogP contribution is 2.45. The summed E-state index contributed by atoms with van der Waals surface area (Å²) < 4.78 is 0. The minimum atomic E-state index is -1.49. The molecule has 4 amide bonds. The van der Waals surface area contributed by atoms with E-state index in [1.807, 2.05) is 11.8 Å². The van der Waals surface area contributed by atoms with Crippen LogP contribution in [0.3, 0.4) is 0 Å². The molecule has 2 unspecified atom stereocenters. The molecule has 2 aliphatic rings. The van der Waals surface area contributed by atoms with Crippen molar-refractivity contribution in [1.82, 2.24) is 10.2 Å². The van der Waals surface area contributed by atoms with Crippen LogP contribution in [0.5, 0.6) is 0 Å². The van der Waals surface area contributed by atoms with Gasteiger partial charge in [0, 0.05) is 38.3 Å². The number of rotatable bonds is 3.